The molecule has 1 rings (SSSR count). The maximum atomic E-state index is 12.7. The van der Waals surface area contributed by atoms with Crippen molar-refractivity contribution in [1.82, 2.24) is 9.62 Å². The van der Waals surface area contributed by atoms with Crippen molar-refractivity contribution in [2.75, 3.05) is 26.7 Å². The van der Waals surface area contributed by atoms with Crippen LogP contribution in [0.4, 0.5) is 0 Å². The second-order valence-electron chi connectivity index (χ2n) is 6.32. The monoisotopic (exact) mass is 386 g/mol. The van der Waals surface area contributed by atoms with Gasteiger partial charge in [0, 0.05) is 19.6 Å². The van der Waals surface area contributed by atoms with Crippen molar-refractivity contribution < 1.29 is 27.9 Å². The van der Waals surface area contributed by atoms with E-state index in [1.807, 2.05) is 0 Å². The molecule has 146 valence electrons. The molecule has 0 fully saturated rings. The summed E-state index contributed by atoms with van der Waals surface area (Å²) < 4.78 is 31.7. The molecule has 0 aliphatic rings. The van der Waals surface area contributed by atoms with E-state index in [4.69, 9.17) is 9.84 Å². The summed E-state index contributed by atoms with van der Waals surface area (Å²) in [6.45, 7) is 6.91. The first-order chi connectivity index (χ1) is 12.0. The number of nitrogens with one attached hydrogen (secondary N) is 1. The largest absolute Gasteiger partial charge is 0.496 e. The molecule has 0 saturated heterocycles. The summed E-state index contributed by atoms with van der Waals surface area (Å²) in [5, 5.41) is 11.7. The number of carboxylic acids is 1. The maximum Gasteiger partial charge on any atom is 0.310 e. The van der Waals surface area contributed by atoms with Gasteiger partial charge in [-0.2, -0.15) is 4.31 Å². The predicted octanol–water partition coefficient (Wildman–Crippen LogP) is 1.57. The predicted molar refractivity (Wildman–Crippen MR) is 96.9 cm³/mol. The Balaban J connectivity index is 3.22. The Morgan fingerprint density at radius 3 is 2.27 bits per heavy atom. The van der Waals surface area contributed by atoms with Crippen molar-refractivity contribution in [2.24, 2.45) is 5.41 Å². The van der Waals surface area contributed by atoms with Gasteiger partial charge in [0.05, 0.1) is 23.0 Å². The molecule has 0 aliphatic carbocycles. The number of ether oxygens (including phenoxy) is 1. The normalized spacial score (nSPS) is 12.1. The van der Waals surface area contributed by atoms with Gasteiger partial charge in [-0.15, -0.1) is 0 Å². The Morgan fingerprint density at radius 1 is 1.23 bits per heavy atom. The highest BCUT2D eigenvalue weighted by Crippen LogP contribution is 2.25. The number of benzene rings is 1. The molecule has 0 radical (unpaired) electrons. The van der Waals surface area contributed by atoms with Crippen LogP contribution in [-0.4, -0.2) is 56.5 Å². The zero-order valence-electron chi connectivity index (χ0n) is 15.7. The molecule has 0 bridgehead atoms. The number of hydrogen-bond donors (Lipinski definition) is 2. The third-order valence-corrected chi connectivity index (χ3v) is 6.07. The summed E-state index contributed by atoms with van der Waals surface area (Å²) in [7, 11) is -2.37. The van der Waals surface area contributed by atoms with E-state index >= 15 is 0 Å². The van der Waals surface area contributed by atoms with Crippen molar-refractivity contribution in [3.05, 3.63) is 23.8 Å². The van der Waals surface area contributed by atoms with Gasteiger partial charge >= 0.3 is 5.97 Å². The van der Waals surface area contributed by atoms with E-state index in [9.17, 15) is 18.0 Å². The Morgan fingerprint density at radius 2 is 1.81 bits per heavy atom. The van der Waals surface area contributed by atoms with Crippen LogP contribution in [0.2, 0.25) is 0 Å². The van der Waals surface area contributed by atoms with Gasteiger partial charge in [-0.1, -0.05) is 13.8 Å². The van der Waals surface area contributed by atoms with E-state index < -0.39 is 27.3 Å². The van der Waals surface area contributed by atoms with Crippen LogP contribution in [0.25, 0.3) is 0 Å². The highest BCUT2D eigenvalue weighted by Gasteiger charge is 2.29. The molecule has 2 N–H and O–H groups in total. The zero-order valence-corrected chi connectivity index (χ0v) is 16.5. The van der Waals surface area contributed by atoms with Gasteiger partial charge < -0.3 is 15.2 Å². The maximum absolute atomic E-state index is 12.7. The van der Waals surface area contributed by atoms with Crippen LogP contribution < -0.4 is 10.1 Å². The van der Waals surface area contributed by atoms with Gasteiger partial charge in [0.2, 0.25) is 10.0 Å². The average molecular weight is 386 g/mol. The molecular weight excluding hydrogens is 360 g/mol. The van der Waals surface area contributed by atoms with Crippen LogP contribution in [0.5, 0.6) is 5.75 Å². The number of carboxylic acid groups (broad SMARTS) is 1. The number of carbonyl (C=O) groups is 2. The number of aliphatic carboxylic acids is 1. The van der Waals surface area contributed by atoms with Crippen LogP contribution in [-0.2, 0) is 14.8 Å². The standard InChI is InChI=1S/C17H26N2O6S/c1-6-19(7-2)26(23,24)12-8-9-14(25-5)13(10-12)15(20)18-11-17(3,4)16(21)22/h8-10H,6-7,11H2,1-5H3,(H,18,20)(H,21,22). The minimum atomic E-state index is -3.74. The number of sulfonamides is 1. The van der Waals surface area contributed by atoms with Gasteiger partial charge in [-0.05, 0) is 32.0 Å². The molecule has 1 aromatic carbocycles. The summed E-state index contributed by atoms with van der Waals surface area (Å²) >= 11 is 0. The van der Waals surface area contributed by atoms with E-state index in [2.05, 4.69) is 5.32 Å². The minimum Gasteiger partial charge on any atom is -0.496 e. The van der Waals surface area contributed by atoms with Crippen molar-refractivity contribution in [3.63, 3.8) is 0 Å². The van der Waals surface area contributed by atoms with E-state index in [1.54, 1.807) is 13.8 Å². The molecule has 0 aliphatic heterocycles. The van der Waals surface area contributed by atoms with Gasteiger partial charge in [0.25, 0.3) is 5.91 Å². The molecule has 0 unspecified atom stereocenters. The molecule has 9 heteroatoms. The third-order valence-electron chi connectivity index (χ3n) is 4.03. The lowest BCUT2D eigenvalue weighted by molar-refractivity contribution is -0.146. The van der Waals surface area contributed by atoms with Gasteiger partial charge in [0.1, 0.15) is 5.75 Å². The second-order valence-corrected chi connectivity index (χ2v) is 8.26. The molecule has 0 spiro atoms. The highest BCUT2D eigenvalue weighted by molar-refractivity contribution is 7.89. The number of rotatable bonds is 9. The van der Waals surface area contributed by atoms with Crippen LogP contribution in [0.3, 0.4) is 0 Å². The fraction of sp³-hybridized carbons (Fsp3) is 0.529. The summed E-state index contributed by atoms with van der Waals surface area (Å²) in [4.78, 5) is 23.6. The lowest BCUT2D eigenvalue weighted by Crippen LogP contribution is -2.39. The molecule has 0 saturated carbocycles. The van der Waals surface area contributed by atoms with E-state index in [0.29, 0.717) is 13.1 Å². The summed E-state index contributed by atoms with van der Waals surface area (Å²) in [6.07, 6.45) is 0. The first-order valence-corrected chi connectivity index (χ1v) is 9.65. The number of methoxy groups -OCH3 is 1. The van der Waals surface area contributed by atoms with Gasteiger partial charge in [-0.25, -0.2) is 8.42 Å². The average Bonchev–Trinajstić information content (AvgIpc) is 2.59. The fourth-order valence-electron chi connectivity index (χ4n) is 2.21. The van der Waals surface area contributed by atoms with E-state index in [0.717, 1.165) is 0 Å². The van der Waals surface area contributed by atoms with Crippen LogP contribution in [0, 0.1) is 5.41 Å². The molecule has 0 heterocycles. The van der Waals surface area contributed by atoms with Crippen molar-refractivity contribution in [3.8, 4) is 5.75 Å². The highest BCUT2D eigenvalue weighted by atomic mass is 32.2. The Labute approximate surface area is 154 Å². The quantitative estimate of drug-likeness (QED) is 0.666. The summed E-state index contributed by atoms with van der Waals surface area (Å²) in [5.74, 6) is -1.45. The minimum absolute atomic E-state index is 0.0235. The number of amides is 1. The number of carbonyl (C=O) groups excluding carboxylic acids is 1. The molecule has 1 amide bonds. The van der Waals surface area contributed by atoms with Crippen LogP contribution in [0.15, 0.2) is 23.1 Å². The Bertz CT molecular complexity index is 769. The van der Waals surface area contributed by atoms with Crippen LogP contribution >= 0.6 is 0 Å². The first-order valence-electron chi connectivity index (χ1n) is 8.21. The number of nitrogens with zero attached hydrogens (tertiary/aromatic N) is 1. The summed E-state index contributed by atoms with van der Waals surface area (Å²) in [6, 6.07) is 4.04. The lowest BCUT2D eigenvalue weighted by atomic mass is 9.94. The first kappa shape index (κ1) is 21.9. The topological polar surface area (TPSA) is 113 Å². The number of hydrogen-bond acceptors (Lipinski definition) is 5. The van der Waals surface area contributed by atoms with Gasteiger partial charge in [0.15, 0.2) is 0 Å². The SMILES string of the molecule is CCN(CC)S(=O)(=O)c1ccc(OC)c(C(=O)NCC(C)(C)C(=O)O)c1. The van der Waals surface area contributed by atoms with E-state index in [-0.39, 0.29) is 22.8 Å². The smallest absolute Gasteiger partial charge is 0.310 e. The molecular formula is C17H26N2O6S. The molecule has 26 heavy (non-hydrogen) atoms. The zero-order chi connectivity index (χ0) is 20.1. The lowest BCUT2D eigenvalue weighted by Gasteiger charge is -2.21. The Hall–Kier alpha value is -2.13. The molecule has 0 aromatic heterocycles. The molecule has 0 atom stereocenters. The van der Waals surface area contributed by atoms with Crippen molar-refractivity contribution in [2.45, 2.75) is 32.6 Å². The second kappa shape index (κ2) is 8.50. The van der Waals surface area contributed by atoms with Crippen LogP contribution in [0.1, 0.15) is 38.1 Å². The van der Waals surface area contributed by atoms with Crippen molar-refractivity contribution in [1.29, 1.82) is 0 Å². The fourth-order valence-corrected chi connectivity index (χ4v) is 3.69. The summed E-state index contributed by atoms with van der Waals surface area (Å²) in [5.41, 5.74) is -1.13. The molecule has 1 aromatic rings. The molecule has 8 nitrogen and oxygen atoms in total. The third kappa shape index (κ3) is 4.73. The van der Waals surface area contributed by atoms with Gasteiger partial charge in [-0.3, -0.25) is 9.59 Å². The van der Waals surface area contributed by atoms with Crippen molar-refractivity contribution >= 4 is 21.9 Å². The Kier molecular flexibility index (Phi) is 7.16. The van der Waals surface area contributed by atoms with E-state index in [1.165, 1.54) is 43.5 Å².